The smallest absolute Gasteiger partial charge is 0.323 e. The molecular weight excluding hydrogens is 294 g/mol. The van der Waals surface area contributed by atoms with Gasteiger partial charge in [-0.2, -0.15) is 0 Å². The zero-order valence-electron chi connectivity index (χ0n) is 13.9. The van der Waals surface area contributed by atoms with E-state index in [0.717, 1.165) is 25.9 Å². The number of carbonyl (C=O) groups is 2. The Balaban J connectivity index is 1.98. The monoisotopic (exact) mass is 319 g/mol. The molecule has 2 rings (SSSR count). The average Bonchev–Trinajstić information content (AvgIpc) is 2.60. The van der Waals surface area contributed by atoms with Crippen LogP contribution in [-0.4, -0.2) is 49.7 Å². The number of hydrogen-bond acceptors (Lipinski definition) is 5. The first-order chi connectivity index (χ1) is 11.2. The van der Waals surface area contributed by atoms with Crippen molar-refractivity contribution in [1.82, 2.24) is 4.90 Å². The van der Waals surface area contributed by atoms with Crippen LogP contribution in [0.5, 0.6) is 0 Å². The van der Waals surface area contributed by atoms with E-state index in [2.05, 4.69) is 24.3 Å². The van der Waals surface area contributed by atoms with Gasteiger partial charge in [-0.25, -0.2) is 0 Å². The normalized spacial score (nSPS) is 17.5. The van der Waals surface area contributed by atoms with E-state index >= 15 is 0 Å². The summed E-state index contributed by atoms with van der Waals surface area (Å²) in [6.45, 7) is 3.64. The zero-order chi connectivity index (χ0) is 16.7. The van der Waals surface area contributed by atoms with Crippen LogP contribution in [-0.2, 0) is 19.1 Å². The van der Waals surface area contributed by atoms with Gasteiger partial charge in [0.25, 0.3) is 0 Å². The van der Waals surface area contributed by atoms with Crippen LogP contribution in [0.1, 0.15) is 37.7 Å². The second-order valence-corrected chi connectivity index (χ2v) is 5.77. The molecule has 1 aromatic rings. The quantitative estimate of drug-likeness (QED) is 0.754. The van der Waals surface area contributed by atoms with E-state index in [0.29, 0.717) is 12.5 Å². The lowest BCUT2D eigenvalue weighted by Gasteiger charge is -2.36. The van der Waals surface area contributed by atoms with Crippen molar-refractivity contribution in [3.8, 4) is 0 Å². The number of hydrogen-bond donors (Lipinski definition) is 0. The van der Waals surface area contributed by atoms with Gasteiger partial charge in [0.2, 0.25) is 0 Å². The summed E-state index contributed by atoms with van der Waals surface area (Å²) >= 11 is 0. The predicted molar refractivity (Wildman–Crippen MR) is 87.0 cm³/mol. The fraction of sp³-hybridized carbons (Fsp3) is 0.556. The highest BCUT2D eigenvalue weighted by Gasteiger charge is 2.33. The molecule has 0 spiro atoms. The number of ether oxygens (including phenoxy) is 2. The summed E-state index contributed by atoms with van der Waals surface area (Å²) in [6.07, 6.45) is 1.99. The second-order valence-electron chi connectivity index (χ2n) is 5.77. The fourth-order valence-corrected chi connectivity index (χ4v) is 3.11. The highest BCUT2D eigenvalue weighted by Crippen LogP contribution is 2.29. The lowest BCUT2D eigenvalue weighted by atomic mass is 9.88. The molecule has 1 fully saturated rings. The van der Waals surface area contributed by atoms with E-state index < -0.39 is 6.04 Å². The van der Waals surface area contributed by atoms with Crippen LogP contribution in [0.15, 0.2) is 30.3 Å². The van der Waals surface area contributed by atoms with Crippen LogP contribution >= 0.6 is 0 Å². The predicted octanol–water partition coefficient (Wildman–Crippen LogP) is 2.36. The third kappa shape index (κ3) is 4.79. The van der Waals surface area contributed by atoms with Gasteiger partial charge in [-0.3, -0.25) is 14.5 Å². The maximum Gasteiger partial charge on any atom is 0.323 e. The number of piperidine rings is 1. The van der Waals surface area contributed by atoms with Gasteiger partial charge in [0.15, 0.2) is 0 Å². The van der Waals surface area contributed by atoms with Crippen LogP contribution < -0.4 is 0 Å². The first kappa shape index (κ1) is 17.5. The number of rotatable bonds is 6. The lowest BCUT2D eigenvalue weighted by molar-refractivity contribution is -0.155. The van der Waals surface area contributed by atoms with Gasteiger partial charge in [-0.05, 0) is 44.3 Å². The molecule has 0 amide bonds. The topological polar surface area (TPSA) is 55.8 Å². The van der Waals surface area contributed by atoms with E-state index in [4.69, 9.17) is 9.47 Å². The Morgan fingerprint density at radius 2 is 1.87 bits per heavy atom. The van der Waals surface area contributed by atoms with Gasteiger partial charge in [-0.1, -0.05) is 30.3 Å². The largest absolute Gasteiger partial charge is 0.469 e. The number of methoxy groups -OCH3 is 1. The Hall–Kier alpha value is -1.88. The average molecular weight is 319 g/mol. The molecule has 126 valence electrons. The molecule has 0 radical (unpaired) electrons. The minimum absolute atomic E-state index is 0.0470. The van der Waals surface area contributed by atoms with Crippen LogP contribution in [0.3, 0.4) is 0 Å². The fourth-order valence-electron chi connectivity index (χ4n) is 3.11. The molecule has 1 aliphatic rings. The minimum atomic E-state index is -0.542. The van der Waals surface area contributed by atoms with Gasteiger partial charge in [0, 0.05) is 0 Å². The van der Waals surface area contributed by atoms with E-state index in [1.807, 2.05) is 11.0 Å². The number of benzene rings is 1. The van der Waals surface area contributed by atoms with Crippen molar-refractivity contribution in [3.63, 3.8) is 0 Å². The molecular formula is C18H25NO4. The Bertz CT molecular complexity index is 509. The van der Waals surface area contributed by atoms with Gasteiger partial charge in [-0.15, -0.1) is 0 Å². The van der Waals surface area contributed by atoms with Gasteiger partial charge >= 0.3 is 11.9 Å². The van der Waals surface area contributed by atoms with Crippen molar-refractivity contribution >= 4 is 11.9 Å². The molecule has 0 N–H and O–H groups in total. The van der Waals surface area contributed by atoms with E-state index in [1.165, 1.54) is 12.7 Å². The molecule has 0 aliphatic carbocycles. The summed E-state index contributed by atoms with van der Waals surface area (Å²) in [6, 6.07) is 9.89. The van der Waals surface area contributed by atoms with Gasteiger partial charge < -0.3 is 9.47 Å². The highest BCUT2D eigenvalue weighted by molar-refractivity contribution is 5.82. The van der Waals surface area contributed by atoms with Crippen molar-refractivity contribution in [2.24, 2.45) is 0 Å². The van der Waals surface area contributed by atoms with Crippen LogP contribution in [0.2, 0.25) is 0 Å². The highest BCUT2D eigenvalue weighted by atomic mass is 16.5. The summed E-state index contributed by atoms with van der Waals surface area (Å²) in [7, 11) is 1.34. The molecule has 1 aliphatic heterocycles. The number of carbonyl (C=O) groups excluding carboxylic acids is 2. The summed E-state index contributed by atoms with van der Waals surface area (Å²) in [5, 5.41) is 0. The Kier molecular flexibility index (Phi) is 6.59. The number of nitrogens with zero attached hydrogens (tertiary/aromatic N) is 1. The Labute approximate surface area is 137 Å². The Morgan fingerprint density at radius 1 is 1.22 bits per heavy atom. The molecule has 0 saturated carbocycles. The van der Waals surface area contributed by atoms with E-state index in [1.54, 1.807) is 6.92 Å². The molecule has 0 aromatic heterocycles. The van der Waals surface area contributed by atoms with E-state index in [9.17, 15) is 9.59 Å². The maximum atomic E-state index is 12.2. The Morgan fingerprint density at radius 3 is 2.43 bits per heavy atom. The molecule has 5 heteroatoms. The molecule has 5 nitrogen and oxygen atoms in total. The van der Waals surface area contributed by atoms with Crippen molar-refractivity contribution < 1.29 is 19.1 Å². The maximum absolute atomic E-state index is 12.2. The summed E-state index contributed by atoms with van der Waals surface area (Å²) in [5.74, 6) is -0.210. The molecule has 1 aromatic carbocycles. The third-order valence-electron chi connectivity index (χ3n) is 4.39. The molecule has 0 bridgehead atoms. The number of likely N-dealkylation sites (tertiary alicyclic amines) is 1. The van der Waals surface area contributed by atoms with Crippen LogP contribution in [0.4, 0.5) is 0 Å². The molecule has 1 saturated heterocycles. The van der Waals surface area contributed by atoms with Gasteiger partial charge in [0.1, 0.15) is 6.04 Å². The van der Waals surface area contributed by atoms with Crippen molar-refractivity contribution in [2.75, 3.05) is 26.8 Å². The minimum Gasteiger partial charge on any atom is -0.469 e. The molecule has 1 heterocycles. The van der Waals surface area contributed by atoms with E-state index in [-0.39, 0.29) is 18.4 Å². The van der Waals surface area contributed by atoms with Crippen molar-refractivity contribution in [3.05, 3.63) is 35.9 Å². The molecule has 1 unspecified atom stereocenters. The molecule has 23 heavy (non-hydrogen) atoms. The first-order valence-corrected chi connectivity index (χ1v) is 8.18. The molecule has 1 atom stereocenters. The second kappa shape index (κ2) is 8.67. The van der Waals surface area contributed by atoms with Crippen LogP contribution in [0.25, 0.3) is 0 Å². The van der Waals surface area contributed by atoms with Crippen molar-refractivity contribution in [1.29, 1.82) is 0 Å². The van der Waals surface area contributed by atoms with Crippen LogP contribution in [0, 0.1) is 0 Å². The summed E-state index contributed by atoms with van der Waals surface area (Å²) < 4.78 is 9.84. The lowest BCUT2D eigenvalue weighted by Crippen LogP contribution is -2.47. The zero-order valence-corrected chi connectivity index (χ0v) is 13.9. The standard InChI is InChI=1S/C18H25NO4/c1-3-23-18(21)16(13-17(20)22-2)19-11-9-15(10-12-19)14-7-5-4-6-8-14/h4-8,15-16H,3,9-13H2,1-2H3. The SMILES string of the molecule is CCOC(=O)C(CC(=O)OC)N1CCC(c2ccccc2)CC1. The third-order valence-corrected chi connectivity index (χ3v) is 4.39. The van der Waals surface area contributed by atoms with Crippen molar-refractivity contribution in [2.45, 2.75) is 38.1 Å². The summed E-state index contributed by atoms with van der Waals surface area (Å²) in [4.78, 5) is 25.8. The van der Waals surface area contributed by atoms with Gasteiger partial charge in [0.05, 0.1) is 20.1 Å². The first-order valence-electron chi connectivity index (χ1n) is 8.18. The summed E-state index contributed by atoms with van der Waals surface area (Å²) in [5.41, 5.74) is 1.34. The number of esters is 2.